The molecule has 5 nitrogen and oxygen atoms in total. The van der Waals surface area contributed by atoms with Gasteiger partial charge in [-0.1, -0.05) is 0 Å². The van der Waals surface area contributed by atoms with E-state index in [0.29, 0.717) is 6.54 Å². The number of carboxylic acid groups (broad SMARTS) is 1. The van der Waals surface area contributed by atoms with Crippen molar-refractivity contribution in [1.29, 1.82) is 0 Å². The Labute approximate surface area is 71.4 Å². The molecule has 0 saturated heterocycles. The van der Waals surface area contributed by atoms with Gasteiger partial charge >= 0.3 is 5.97 Å². The molecule has 0 spiro atoms. The van der Waals surface area contributed by atoms with Crippen LogP contribution in [0, 0.1) is 0 Å². The number of rotatable bonds is 4. The number of nitrogens with zero attached hydrogens (tertiary/aromatic N) is 1. The Balaban J connectivity index is 4.04. The number of hydrogen-bond acceptors (Lipinski definition) is 3. The largest absolute Gasteiger partial charge is 0.480 e. The van der Waals surface area contributed by atoms with Crippen LogP contribution in [0.4, 0.5) is 0 Å². The minimum absolute atomic E-state index is 0.301. The molecule has 0 aromatic carbocycles. The lowest BCUT2D eigenvalue weighted by molar-refractivity contribution is -0.141. The molecule has 0 saturated carbocycles. The van der Waals surface area contributed by atoms with Crippen LogP contribution in [0.5, 0.6) is 0 Å². The summed E-state index contributed by atoms with van der Waals surface area (Å²) in [5.74, 6) is -1.34. The van der Waals surface area contributed by atoms with Crippen LogP contribution in [0.25, 0.3) is 0 Å². The van der Waals surface area contributed by atoms with Crippen molar-refractivity contribution in [1.82, 2.24) is 10.2 Å². The number of hydrogen-bond donors (Lipinski definition) is 2. The first-order chi connectivity index (χ1) is 5.43. The maximum atomic E-state index is 10.5. The number of likely N-dealkylation sites (N-methyl/N-ethyl adjacent to an activating group) is 1. The zero-order chi connectivity index (χ0) is 9.72. The van der Waals surface area contributed by atoms with Crippen LogP contribution in [0.2, 0.25) is 0 Å². The summed E-state index contributed by atoms with van der Waals surface area (Å²) in [7, 11) is 3.50. The smallest absolute Gasteiger partial charge is 0.327 e. The van der Waals surface area contributed by atoms with Crippen molar-refractivity contribution in [2.45, 2.75) is 13.0 Å². The predicted octanol–water partition coefficient (Wildman–Crippen LogP) is -0.863. The average molecular weight is 174 g/mol. The van der Waals surface area contributed by atoms with Crippen molar-refractivity contribution in [2.75, 3.05) is 20.6 Å². The van der Waals surface area contributed by atoms with Crippen LogP contribution < -0.4 is 5.32 Å². The van der Waals surface area contributed by atoms with Crippen LogP contribution in [-0.2, 0) is 9.59 Å². The molecule has 1 amide bonds. The third kappa shape index (κ3) is 4.68. The van der Waals surface area contributed by atoms with Gasteiger partial charge in [0.25, 0.3) is 0 Å². The maximum absolute atomic E-state index is 10.5. The fourth-order valence-electron chi connectivity index (χ4n) is 0.796. The lowest BCUT2D eigenvalue weighted by atomic mass is 10.3. The number of carbonyl (C=O) groups excluding carboxylic acids is 1. The van der Waals surface area contributed by atoms with Gasteiger partial charge in [-0.15, -0.1) is 0 Å². The monoisotopic (exact) mass is 174 g/mol. The normalized spacial score (nSPS) is 12.7. The molecule has 0 aliphatic carbocycles. The van der Waals surface area contributed by atoms with E-state index in [0.717, 1.165) is 0 Å². The molecular formula is C7H14N2O3. The van der Waals surface area contributed by atoms with Gasteiger partial charge in [0.2, 0.25) is 5.91 Å². The van der Waals surface area contributed by atoms with Gasteiger partial charge < -0.3 is 15.3 Å². The van der Waals surface area contributed by atoms with E-state index in [1.54, 1.807) is 19.0 Å². The van der Waals surface area contributed by atoms with Crippen molar-refractivity contribution >= 4 is 11.9 Å². The summed E-state index contributed by atoms with van der Waals surface area (Å²) in [6.45, 7) is 1.60. The molecule has 2 N–H and O–H groups in total. The van der Waals surface area contributed by atoms with E-state index in [4.69, 9.17) is 5.11 Å². The first-order valence-electron chi connectivity index (χ1n) is 3.58. The Kier molecular flexibility index (Phi) is 4.28. The number of carbonyl (C=O) groups is 2. The highest BCUT2D eigenvalue weighted by molar-refractivity contribution is 5.82. The summed E-state index contributed by atoms with van der Waals surface area (Å²) in [4.78, 5) is 22.8. The zero-order valence-electron chi connectivity index (χ0n) is 7.50. The summed E-state index contributed by atoms with van der Waals surface area (Å²) < 4.78 is 0. The van der Waals surface area contributed by atoms with Crippen molar-refractivity contribution in [3.05, 3.63) is 0 Å². The van der Waals surface area contributed by atoms with Gasteiger partial charge in [-0.25, -0.2) is 4.79 Å². The van der Waals surface area contributed by atoms with Gasteiger partial charge in [0.1, 0.15) is 6.04 Å². The highest BCUT2D eigenvalue weighted by Crippen LogP contribution is 1.87. The Morgan fingerprint density at radius 1 is 1.50 bits per heavy atom. The molecule has 0 fully saturated rings. The van der Waals surface area contributed by atoms with Crippen molar-refractivity contribution in [3.8, 4) is 0 Å². The quantitative estimate of drug-likeness (QED) is 0.581. The fraction of sp³-hybridized carbons (Fsp3) is 0.714. The van der Waals surface area contributed by atoms with Gasteiger partial charge in [0.15, 0.2) is 0 Å². The summed E-state index contributed by atoms with van der Waals surface area (Å²) in [5, 5.41) is 11.0. The Bertz CT molecular complexity index is 179. The lowest BCUT2D eigenvalue weighted by Crippen LogP contribution is -2.46. The molecule has 0 aliphatic heterocycles. The van der Waals surface area contributed by atoms with Crippen LogP contribution in [0.1, 0.15) is 6.92 Å². The summed E-state index contributed by atoms with van der Waals surface area (Å²) >= 11 is 0. The fourth-order valence-corrected chi connectivity index (χ4v) is 0.796. The molecule has 0 rings (SSSR count). The van der Waals surface area contributed by atoms with Gasteiger partial charge in [-0.3, -0.25) is 4.79 Å². The Morgan fingerprint density at radius 2 is 2.00 bits per heavy atom. The molecular weight excluding hydrogens is 160 g/mol. The van der Waals surface area contributed by atoms with Gasteiger partial charge in [0.05, 0.1) is 0 Å². The van der Waals surface area contributed by atoms with Gasteiger partial charge in [0, 0.05) is 13.5 Å². The maximum Gasteiger partial charge on any atom is 0.327 e. The minimum atomic E-state index is -1.01. The van der Waals surface area contributed by atoms with Crippen LogP contribution in [-0.4, -0.2) is 48.6 Å². The standard InChI is InChI=1S/C7H14N2O3/c1-5(10)8-6(7(11)12)4-9(2)3/h6H,4H2,1-3H3,(H,8,10)(H,11,12). The van der Waals surface area contributed by atoms with Crippen molar-refractivity contribution < 1.29 is 14.7 Å². The molecule has 1 unspecified atom stereocenters. The van der Waals surface area contributed by atoms with E-state index >= 15 is 0 Å². The van der Waals surface area contributed by atoms with E-state index in [1.165, 1.54) is 6.92 Å². The molecule has 0 aromatic rings. The third-order valence-corrected chi connectivity index (χ3v) is 1.22. The molecule has 0 bridgehead atoms. The summed E-state index contributed by atoms with van der Waals surface area (Å²) in [6, 6.07) is -0.822. The van der Waals surface area contributed by atoms with E-state index in [9.17, 15) is 9.59 Å². The third-order valence-electron chi connectivity index (χ3n) is 1.22. The number of carboxylic acids is 1. The Morgan fingerprint density at radius 3 is 2.25 bits per heavy atom. The summed E-state index contributed by atoms with van der Waals surface area (Å²) in [6.07, 6.45) is 0. The summed E-state index contributed by atoms with van der Waals surface area (Å²) in [5.41, 5.74) is 0. The van der Waals surface area contributed by atoms with Crippen LogP contribution in [0.3, 0.4) is 0 Å². The second kappa shape index (κ2) is 4.71. The highest BCUT2D eigenvalue weighted by Gasteiger charge is 2.18. The van der Waals surface area contributed by atoms with E-state index in [-0.39, 0.29) is 5.91 Å². The first-order valence-corrected chi connectivity index (χ1v) is 3.58. The van der Waals surface area contributed by atoms with Crippen molar-refractivity contribution in [2.24, 2.45) is 0 Å². The molecule has 70 valence electrons. The molecule has 1 atom stereocenters. The lowest BCUT2D eigenvalue weighted by Gasteiger charge is -2.17. The minimum Gasteiger partial charge on any atom is -0.480 e. The average Bonchev–Trinajstić information content (AvgIpc) is 1.83. The Hall–Kier alpha value is -1.10. The zero-order valence-corrected chi connectivity index (χ0v) is 7.50. The second-order valence-electron chi connectivity index (χ2n) is 2.85. The molecule has 0 heterocycles. The number of amides is 1. The predicted molar refractivity (Wildman–Crippen MR) is 43.8 cm³/mol. The molecule has 0 aliphatic rings. The first kappa shape index (κ1) is 10.9. The molecule has 0 aromatic heterocycles. The van der Waals surface area contributed by atoms with E-state index in [2.05, 4.69) is 5.32 Å². The van der Waals surface area contributed by atoms with Crippen molar-refractivity contribution in [3.63, 3.8) is 0 Å². The van der Waals surface area contributed by atoms with Crippen LogP contribution >= 0.6 is 0 Å². The number of nitrogens with one attached hydrogen (secondary N) is 1. The highest BCUT2D eigenvalue weighted by atomic mass is 16.4. The number of aliphatic carboxylic acids is 1. The van der Waals surface area contributed by atoms with Gasteiger partial charge in [-0.2, -0.15) is 0 Å². The van der Waals surface area contributed by atoms with E-state index < -0.39 is 12.0 Å². The van der Waals surface area contributed by atoms with Crippen LogP contribution in [0.15, 0.2) is 0 Å². The second-order valence-corrected chi connectivity index (χ2v) is 2.85. The van der Waals surface area contributed by atoms with E-state index in [1.807, 2.05) is 0 Å². The molecule has 5 heteroatoms. The van der Waals surface area contributed by atoms with Gasteiger partial charge in [-0.05, 0) is 14.1 Å². The molecule has 0 radical (unpaired) electrons. The SMILES string of the molecule is CC(=O)NC(CN(C)C)C(=O)O. The topological polar surface area (TPSA) is 69.6 Å². The molecule has 12 heavy (non-hydrogen) atoms.